The maximum Gasteiger partial charge on any atom is 0.191 e. The molecule has 0 spiro atoms. The van der Waals surface area contributed by atoms with Crippen molar-refractivity contribution in [1.29, 1.82) is 0 Å². The average Bonchev–Trinajstić information content (AvgIpc) is 2.64. The number of guanidine groups is 1. The second-order valence-electron chi connectivity index (χ2n) is 5.26. The predicted octanol–water partition coefficient (Wildman–Crippen LogP) is 2.46. The molecule has 98 valence electrons. The Bertz CT molecular complexity index is 468. The summed E-state index contributed by atoms with van der Waals surface area (Å²) >= 11 is 0. The Morgan fingerprint density at radius 1 is 1.50 bits per heavy atom. The fourth-order valence-corrected chi connectivity index (χ4v) is 2.38. The van der Waals surface area contributed by atoms with Gasteiger partial charge in [0.25, 0.3) is 0 Å². The summed E-state index contributed by atoms with van der Waals surface area (Å²) in [6.45, 7) is 7.73. The van der Waals surface area contributed by atoms with E-state index in [0.29, 0.717) is 18.4 Å². The molecule has 1 heterocycles. The van der Waals surface area contributed by atoms with Crippen molar-refractivity contribution in [1.82, 2.24) is 4.90 Å². The summed E-state index contributed by atoms with van der Waals surface area (Å²) < 4.78 is 13.4. The van der Waals surface area contributed by atoms with E-state index in [1.807, 2.05) is 13.0 Å². The smallest absolute Gasteiger partial charge is 0.191 e. The van der Waals surface area contributed by atoms with E-state index in [2.05, 4.69) is 23.7 Å². The van der Waals surface area contributed by atoms with E-state index < -0.39 is 0 Å². The van der Waals surface area contributed by atoms with E-state index in [4.69, 9.17) is 5.73 Å². The molecule has 18 heavy (non-hydrogen) atoms. The molecule has 2 N–H and O–H groups in total. The van der Waals surface area contributed by atoms with Gasteiger partial charge in [-0.05, 0) is 36.1 Å². The van der Waals surface area contributed by atoms with Crippen LogP contribution in [0.4, 0.5) is 4.39 Å². The Morgan fingerprint density at radius 2 is 2.22 bits per heavy atom. The normalized spacial score (nSPS) is 19.5. The topological polar surface area (TPSA) is 41.6 Å². The summed E-state index contributed by atoms with van der Waals surface area (Å²) in [4.78, 5) is 6.37. The molecule has 1 aromatic rings. The molecule has 0 radical (unpaired) electrons. The van der Waals surface area contributed by atoms with E-state index >= 15 is 0 Å². The first-order chi connectivity index (χ1) is 8.49. The van der Waals surface area contributed by atoms with Gasteiger partial charge in [-0.25, -0.2) is 4.39 Å². The van der Waals surface area contributed by atoms with Crippen LogP contribution in [0.5, 0.6) is 0 Å². The molecule has 2 rings (SSSR count). The maximum absolute atomic E-state index is 13.4. The Kier molecular flexibility index (Phi) is 3.55. The second-order valence-corrected chi connectivity index (χ2v) is 5.26. The Labute approximate surface area is 108 Å². The third-order valence-corrected chi connectivity index (χ3v) is 3.26. The van der Waals surface area contributed by atoms with Gasteiger partial charge in [-0.3, -0.25) is 4.99 Å². The van der Waals surface area contributed by atoms with Crippen LogP contribution in [0.25, 0.3) is 0 Å². The minimum atomic E-state index is -0.203. The van der Waals surface area contributed by atoms with Crippen molar-refractivity contribution in [3.05, 3.63) is 35.1 Å². The molecule has 1 unspecified atom stereocenters. The largest absolute Gasteiger partial charge is 0.370 e. The van der Waals surface area contributed by atoms with E-state index in [1.165, 1.54) is 6.07 Å². The van der Waals surface area contributed by atoms with Crippen LogP contribution in [0, 0.1) is 18.7 Å². The lowest BCUT2D eigenvalue weighted by atomic mass is 10.00. The third-order valence-electron chi connectivity index (χ3n) is 3.26. The van der Waals surface area contributed by atoms with Gasteiger partial charge in [0.15, 0.2) is 5.96 Å². The summed E-state index contributed by atoms with van der Waals surface area (Å²) in [5, 5.41) is 0. The monoisotopic (exact) mass is 249 g/mol. The number of aryl methyl sites for hydroxylation is 1. The van der Waals surface area contributed by atoms with E-state index in [9.17, 15) is 4.39 Å². The van der Waals surface area contributed by atoms with Gasteiger partial charge < -0.3 is 10.6 Å². The molecule has 0 saturated carbocycles. The summed E-state index contributed by atoms with van der Waals surface area (Å²) in [5.74, 6) is 0.858. The van der Waals surface area contributed by atoms with Crippen LogP contribution in [-0.2, 0) is 0 Å². The van der Waals surface area contributed by atoms with Gasteiger partial charge in [0.05, 0.1) is 12.6 Å². The summed E-state index contributed by atoms with van der Waals surface area (Å²) in [6, 6.07) is 4.97. The first kappa shape index (κ1) is 12.9. The molecule has 1 aliphatic rings. The van der Waals surface area contributed by atoms with Crippen molar-refractivity contribution >= 4 is 5.96 Å². The number of nitrogens with zero attached hydrogens (tertiary/aromatic N) is 2. The standard InChI is InChI=1S/C14H20FN3/c1-9(2)8-18-13(7-17-14(18)16)12-6-11(15)5-4-10(12)3/h4-6,9,13H,7-8H2,1-3H3,(H2,16,17). The molecule has 4 heteroatoms. The fraction of sp³-hybridized carbons (Fsp3) is 0.500. The van der Waals surface area contributed by atoms with E-state index in [0.717, 1.165) is 17.7 Å². The molecule has 0 amide bonds. The molecule has 1 aromatic carbocycles. The predicted molar refractivity (Wildman–Crippen MR) is 71.9 cm³/mol. The number of hydrogen-bond donors (Lipinski definition) is 1. The number of hydrogen-bond acceptors (Lipinski definition) is 3. The molecule has 0 saturated heterocycles. The number of benzene rings is 1. The molecular weight excluding hydrogens is 229 g/mol. The van der Waals surface area contributed by atoms with Crippen molar-refractivity contribution in [3.63, 3.8) is 0 Å². The van der Waals surface area contributed by atoms with Gasteiger partial charge >= 0.3 is 0 Å². The van der Waals surface area contributed by atoms with Crippen LogP contribution in [0.15, 0.2) is 23.2 Å². The Balaban J connectivity index is 2.30. The third kappa shape index (κ3) is 2.47. The molecule has 0 aromatic heterocycles. The first-order valence-electron chi connectivity index (χ1n) is 6.31. The highest BCUT2D eigenvalue weighted by atomic mass is 19.1. The van der Waals surface area contributed by atoms with Crippen LogP contribution in [0.2, 0.25) is 0 Å². The Hall–Kier alpha value is -1.58. The van der Waals surface area contributed by atoms with Crippen LogP contribution in [-0.4, -0.2) is 23.9 Å². The minimum Gasteiger partial charge on any atom is -0.370 e. The lowest BCUT2D eigenvalue weighted by Crippen LogP contribution is -2.38. The van der Waals surface area contributed by atoms with Gasteiger partial charge in [-0.2, -0.15) is 0 Å². The molecule has 3 nitrogen and oxygen atoms in total. The first-order valence-corrected chi connectivity index (χ1v) is 6.31. The Morgan fingerprint density at radius 3 is 2.89 bits per heavy atom. The van der Waals surface area contributed by atoms with Gasteiger partial charge in [0, 0.05) is 6.54 Å². The van der Waals surface area contributed by atoms with Crippen LogP contribution < -0.4 is 5.73 Å². The van der Waals surface area contributed by atoms with Crippen molar-refractivity contribution in [3.8, 4) is 0 Å². The average molecular weight is 249 g/mol. The van der Waals surface area contributed by atoms with Gasteiger partial charge in [-0.15, -0.1) is 0 Å². The molecule has 0 bridgehead atoms. The van der Waals surface area contributed by atoms with Crippen molar-refractivity contribution in [2.45, 2.75) is 26.8 Å². The van der Waals surface area contributed by atoms with Gasteiger partial charge in [0.2, 0.25) is 0 Å². The number of rotatable bonds is 3. The number of aliphatic imine (C=N–C) groups is 1. The molecule has 0 aliphatic carbocycles. The fourth-order valence-electron chi connectivity index (χ4n) is 2.38. The quantitative estimate of drug-likeness (QED) is 0.894. The molecule has 0 fully saturated rings. The molecule has 1 atom stereocenters. The summed E-state index contributed by atoms with van der Waals surface area (Å²) in [5.41, 5.74) is 7.99. The highest BCUT2D eigenvalue weighted by Crippen LogP contribution is 2.29. The van der Waals surface area contributed by atoms with Crippen molar-refractivity contribution in [2.75, 3.05) is 13.1 Å². The molecule has 1 aliphatic heterocycles. The van der Waals surface area contributed by atoms with Gasteiger partial charge in [-0.1, -0.05) is 19.9 Å². The highest BCUT2D eigenvalue weighted by Gasteiger charge is 2.29. The SMILES string of the molecule is Cc1ccc(F)cc1C1CN=C(N)N1CC(C)C. The van der Waals surface area contributed by atoms with Crippen LogP contribution >= 0.6 is 0 Å². The maximum atomic E-state index is 13.4. The highest BCUT2D eigenvalue weighted by molar-refractivity contribution is 5.80. The van der Waals surface area contributed by atoms with Gasteiger partial charge in [0.1, 0.15) is 5.82 Å². The zero-order chi connectivity index (χ0) is 13.3. The number of nitrogens with two attached hydrogens (primary N) is 1. The summed E-state index contributed by atoms with van der Waals surface area (Å²) in [6.07, 6.45) is 0. The van der Waals surface area contributed by atoms with Crippen LogP contribution in [0.1, 0.15) is 31.0 Å². The number of halogens is 1. The summed E-state index contributed by atoms with van der Waals surface area (Å²) in [7, 11) is 0. The minimum absolute atomic E-state index is 0.0723. The van der Waals surface area contributed by atoms with Crippen LogP contribution in [0.3, 0.4) is 0 Å². The zero-order valence-electron chi connectivity index (χ0n) is 11.2. The lowest BCUT2D eigenvalue weighted by Gasteiger charge is -2.29. The van der Waals surface area contributed by atoms with E-state index in [-0.39, 0.29) is 11.9 Å². The zero-order valence-corrected chi connectivity index (χ0v) is 11.2. The molecular formula is C14H20FN3. The lowest BCUT2D eigenvalue weighted by molar-refractivity contribution is 0.308. The van der Waals surface area contributed by atoms with Crippen molar-refractivity contribution < 1.29 is 4.39 Å². The van der Waals surface area contributed by atoms with Crippen molar-refractivity contribution in [2.24, 2.45) is 16.6 Å². The second kappa shape index (κ2) is 4.96. The van der Waals surface area contributed by atoms with E-state index in [1.54, 1.807) is 6.07 Å².